The molecule has 0 aliphatic carbocycles. The smallest absolute Gasteiger partial charge is 0.387 e. The molecule has 1 aromatic carbocycles. The van der Waals surface area contributed by atoms with E-state index < -0.39 is 12.6 Å². The minimum absolute atomic E-state index is 0. The first kappa shape index (κ1) is 16.9. The van der Waals surface area contributed by atoms with Crippen molar-refractivity contribution in [1.82, 2.24) is 0 Å². The van der Waals surface area contributed by atoms with Gasteiger partial charge in [-0.1, -0.05) is 15.9 Å². The van der Waals surface area contributed by atoms with Crippen molar-refractivity contribution < 1.29 is 28.2 Å². The summed E-state index contributed by atoms with van der Waals surface area (Å²) in [6.45, 7) is -3.00. The molecule has 0 saturated heterocycles. The average molecular weight is 348 g/mol. The summed E-state index contributed by atoms with van der Waals surface area (Å²) in [7, 11) is 1.30. The van der Waals surface area contributed by atoms with Gasteiger partial charge >= 0.3 is 12.6 Å². The molecule has 0 heterocycles. The summed E-state index contributed by atoms with van der Waals surface area (Å²) in [6, 6.07) is 2.60. The van der Waals surface area contributed by atoms with Gasteiger partial charge in [0.05, 0.1) is 13.5 Å². The van der Waals surface area contributed by atoms with Crippen LogP contribution in [0.4, 0.5) is 8.78 Å². The minimum atomic E-state index is -3.00. The number of carboxylic acid groups (broad SMARTS) is 1. The van der Waals surface area contributed by atoms with Crippen molar-refractivity contribution in [2.75, 3.05) is 7.11 Å². The summed E-state index contributed by atoms with van der Waals surface area (Å²) in [5.41, 5.74) is 0.328. The Morgan fingerprint density at radius 2 is 2.06 bits per heavy atom. The lowest BCUT2D eigenvalue weighted by Gasteiger charge is -2.12. The van der Waals surface area contributed by atoms with E-state index in [9.17, 15) is 13.6 Å². The lowest BCUT2D eigenvalue weighted by atomic mass is 10.1. The lowest BCUT2D eigenvalue weighted by Crippen LogP contribution is -2.06. The highest BCUT2D eigenvalue weighted by molar-refractivity contribution is 9.10. The van der Waals surface area contributed by atoms with E-state index in [1.807, 2.05) is 0 Å². The van der Waals surface area contributed by atoms with E-state index in [-0.39, 0.29) is 30.3 Å². The van der Waals surface area contributed by atoms with Crippen molar-refractivity contribution in [2.24, 2.45) is 0 Å². The zero-order valence-electron chi connectivity index (χ0n) is 9.15. The maximum absolute atomic E-state index is 12.1. The SMILES string of the molecule is COc1cc(Br)c(CC(=O)O)cc1OC(F)F.Cl. The topological polar surface area (TPSA) is 55.8 Å². The van der Waals surface area contributed by atoms with Crippen LogP contribution < -0.4 is 9.47 Å². The van der Waals surface area contributed by atoms with Gasteiger partial charge in [0.15, 0.2) is 11.5 Å². The van der Waals surface area contributed by atoms with E-state index in [0.29, 0.717) is 10.0 Å². The summed E-state index contributed by atoms with van der Waals surface area (Å²) >= 11 is 3.13. The predicted molar refractivity (Wildman–Crippen MR) is 65.9 cm³/mol. The van der Waals surface area contributed by atoms with Crippen LogP contribution in [0.15, 0.2) is 16.6 Å². The molecule has 0 aromatic heterocycles. The van der Waals surface area contributed by atoms with Gasteiger partial charge in [0.2, 0.25) is 0 Å². The molecule has 0 fully saturated rings. The number of carbonyl (C=O) groups is 1. The van der Waals surface area contributed by atoms with Crippen molar-refractivity contribution in [3.63, 3.8) is 0 Å². The first-order chi connectivity index (χ1) is 7.93. The van der Waals surface area contributed by atoms with E-state index in [1.54, 1.807) is 0 Å². The van der Waals surface area contributed by atoms with Gasteiger partial charge in [0, 0.05) is 4.47 Å². The van der Waals surface area contributed by atoms with Crippen molar-refractivity contribution in [1.29, 1.82) is 0 Å². The molecule has 0 saturated carbocycles. The Morgan fingerprint density at radius 1 is 1.44 bits per heavy atom. The van der Waals surface area contributed by atoms with Gasteiger partial charge in [-0.25, -0.2) is 0 Å². The first-order valence-electron chi connectivity index (χ1n) is 4.47. The third kappa shape index (κ3) is 4.66. The second kappa shape index (κ2) is 7.38. The minimum Gasteiger partial charge on any atom is -0.493 e. The first-order valence-corrected chi connectivity index (χ1v) is 5.26. The highest BCUT2D eigenvalue weighted by Gasteiger charge is 2.15. The second-order valence-corrected chi connectivity index (χ2v) is 3.90. The van der Waals surface area contributed by atoms with Crippen molar-refractivity contribution >= 4 is 34.3 Å². The molecule has 0 radical (unpaired) electrons. The second-order valence-electron chi connectivity index (χ2n) is 3.04. The molecule has 0 aliphatic rings. The maximum atomic E-state index is 12.1. The molecule has 1 rings (SSSR count). The van der Waals surface area contributed by atoms with E-state index >= 15 is 0 Å². The number of rotatable bonds is 5. The van der Waals surface area contributed by atoms with E-state index in [0.717, 1.165) is 0 Å². The van der Waals surface area contributed by atoms with Gasteiger partial charge in [-0.15, -0.1) is 12.4 Å². The van der Waals surface area contributed by atoms with Crippen LogP contribution in [0.2, 0.25) is 0 Å². The Kier molecular flexibility index (Phi) is 6.93. The van der Waals surface area contributed by atoms with Gasteiger partial charge in [0.1, 0.15) is 0 Å². The fraction of sp³-hybridized carbons (Fsp3) is 0.300. The molecule has 0 spiro atoms. The highest BCUT2D eigenvalue weighted by Crippen LogP contribution is 2.34. The molecule has 0 aliphatic heterocycles. The van der Waals surface area contributed by atoms with Crippen LogP contribution in [0.25, 0.3) is 0 Å². The summed E-state index contributed by atoms with van der Waals surface area (Å²) in [6.07, 6.45) is -0.301. The van der Waals surface area contributed by atoms with Crippen molar-refractivity contribution in [3.8, 4) is 11.5 Å². The number of aliphatic carboxylic acids is 1. The number of ether oxygens (including phenoxy) is 2. The molecule has 102 valence electrons. The van der Waals surface area contributed by atoms with Crippen LogP contribution in [0, 0.1) is 0 Å². The molecule has 0 bridgehead atoms. The zero-order chi connectivity index (χ0) is 13.0. The number of methoxy groups -OCH3 is 1. The molecule has 18 heavy (non-hydrogen) atoms. The van der Waals surface area contributed by atoms with Gasteiger partial charge in [-0.05, 0) is 17.7 Å². The Hall–Kier alpha value is -1.08. The molecule has 0 atom stereocenters. The normalized spacial score (nSPS) is 9.83. The van der Waals surface area contributed by atoms with Gasteiger partial charge in [-0.3, -0.25) is 4.79 Å². The lowest BCUT2D eigenvalue weighted by molar-refractivity contribution is -0.136. The molecular weight excluding hydrogens is 337 g/mol. The number of benzene rings is 1. The molecule has 0 amide bonds. The molecule has 8 heteroatoms. The number of hydrogen-bond acceptors (Lipinski definition) is 3. The van der Waals surface area contributed by atoms with Crippen LogP contribution in [-0.2, 0) is 11.2 Å². The zero-order valence-corrected chi connectivity index (χ0v) is 11.6. The van der Waals surface area contributed by atoms with Crippen molar-refractivity contribution in [2.45, 2.75) is 13.0 Å². The largest absolute Gasteiger partial charge is 0.493 e. The molecular formula is C10H10BrClF2O4. The summed E-state index contributed by atoms with van der Waals surface area (Å²) in [5.74, 6) is -1.16. The molecule has 0 unspecified atom stereocenters. The molecule has 4 nitrogen and oxygen atoms in total. The standard InChI is InChI=1S/C10H9BrF2O4.ClH/c1-16-7-4-6(11)5(3-9(14)15)2-8(7)17-10(12)13;/h2,4,10H,3H2,1H3,(H,14,15);1H. The van der Waals surface area contributed by atoms with Gasteiger partial charge < -0.3 is 14.6 Å². The Balaban J connectivity index is 0.00000289. The third-order valence-corrected chi connectivity index (χ3v) is 2.63. The number of hydrogen-bond donors (Lipinski definition) is 1. The van der Waals surface area contributed by atoms with Gasteiger partial charge in [0.25, 0.3) is 0 Å². The van der Waals surface area contributed by atoms with Crippen LogP contribution in [-0.4, -0.2) is 24.8 Å². The fourth-order valence-electron chi connectivity index (χ4n) is 1.22. The number of alkyl halides is 2. The Morgan fingerprint density at radius 3 is 2.50 bits per heavy atom. The Bertz CT molecular complexity index is 429. The number of halogens is 4. The highest BCUT2D eigenvalue weighted by atomic mass is 79.9. The monoisotopic (exact) mass is 346 g/mol. The van der Waals surface area contributed by atoms with Crippen LogP contribution in [0.1, 0.15) is 5.56 Å². The summed E-state index contributed by atoms with van der Waals surface area (Å²) in [5, 5.41) is 8.65. The third-order valence-electron chi connectivity index (χ3n) is 1.89. The van der Waals surface area contributed by atoms with E-state index in [2.05, 4.69) is 20.7 Å². The van der Waals surface area contributed by atoms with Gasteiger partial charge in [-0.2, -0.15) is 8.78 Å². The fourth-order valence-corrected chi connectivity index (χ4v) is 1.69. The Labute approximate surface area is 116 Å². The molecule has 1 N–H and O–H groups in total. The van der Waals surface area contributed by atoms with Crippen molar-refractivity contribution in [3.05, 3.63) is 22.2 Å². The number of carboxylic acids is 1. The average Bonchev–Trinajstić information content (AvgIpc) is 2.21. The summed E-state index contributed by atoms with van der Waals surface area (Å²) < 4.78 is 33.8. The van der Waals surface area contributed by atoms with E-state index in [4.69, 9.17) is 9.84 Å². The predicted octanol–water partition coefficient (Wildman–Crippen LogP) is 3.11. The van der Waals surface area contributed by atoms with Crippen LogP contribution >= 0.6 is 28.3 Å². The van der Waals surface area contributed by atoms with Crippen LogP contribution in [0.5, 0.6) is 11.5 Å². The van der Waals surface area contributed by atoms with Crippen LogP contribution in [0.3, 0.4) is 0 Å². The maximum Gasteiger partial charge on any atom is 0.387 e. The summed E-state index contributed by atoms with van der Waals surface area (Å²) in [4.78, 5) is 10.6. The quantitative estimate of drug-likeness (QED) is 0.889. The molecule has 1 aromatic rings. The van der Waals surface area contributed by atoms with E-state index in [1.165, 1.54) is 19.2 Å².